The average Bonchev–Trinajstić information content (AvgIpc) is 3.28. The smallest absolute Gasteiger partial charge is 0.163 e. The number of methoxy groups -OCH3 is 1. The molecule has 0 aliphatic carbocycles. The third-order valence-corrected chi connectivity index (χ3v) is 7.33. The van der Waals surface area contributed by atoms with Crippen LogP contribution in [0.4, 0.5) is 10.2 Å². The normalized spacial score (nSPS) is 17.1. The summed E-state index contributed by atoms with van der Waals surface area (Å²) in [5.74, 6) is 2.57. The Kier molecular flexibility index (Phi) is 7.95. The summed E-state index contributed by atoms with van der Waals surface area (Å²) >= 11 is 0. The molecule has 3 aromatic rings. The Morgan fingerprint density at radius 3 is 2.76 bits per heavy atom. The van der Waals surface area contributed by atoms with Crippen molar-refractivity contribution in [2.75, 3.05) is 46.6 Å². The number of nitrogens with zero attached hydrogens (tertiary/aromatic N) is 3. The molecule has 38 heavy (non-hydrogen) atoms. The lowest BCUT2D eigenvalue weighted by molar-refractivity contribution is -0.139. The van der Waals surface area contributed by atoms with Crippen LogP contribution in [0.2, 0.25) is 0 Å². The van der Waals surface area contributed by atoms with Gasteiger partial charge in [-0.1, -0.05) is 6.58 Å². The lowest BCUT2D eigenvalue weighted by atomic mass is 9.77. The maximum atomic E-state index is 13.2. The second kappa shape index (κ2) is 11.5. The molecule has 2 aliphatic rings. The van der Waals surface area contributed by atoms with Crippen LogP contribution in [-0.4, -0.2) is 67.6 Å². The van der Waals surface area contributed by atoms with Crippen LogP contribution in [0.5, 0.6) is 17.2 Å². The molecule has 1 N–H and O–H groups in total. The van der Waals surface area contributed by atoms with Crippen molar-refractivity contribution in [2.24, 2.45) is 10.4 Å². The van der Waals surface area contributed by atoms with E-state index in [1.807, 2.05) is 19.1 Å². The zero-order chi connectivity index (χ0) is 26.5. The van der Waals surface area contributed by atoms with Crippen molar-refractivity contribution in [3.8, 4) is 17.2 Å². The topological polar surface area (TPSA) is 81.2 Å². The van der Waals surface area contributed by atoms with E-state index in [1.165, 1.54) is 19.1 Å². The summed E-state index contributed by atoms with van der Waals surface area (Å²) in [7, 11) is 1.62. The van der Waals surface area contributed by atoms with Crippen molar-refractivity contribution in [1.29, 1.82) is 0 Å². The van der Waals surface area contributed by atoms with E-state index in [-0.39, 0.29) is 0 Å². The van der Waals surface area contributed by atoms with E-state index in [1.54, 1.807) is 25.4 Å². The first-order chi connectivity index (χ1) is 18.5. The number of hydrogen-bond donors (Lipinski definition) is 1. The molecule has 8 nitrogen and oxygen atoms in total. The maximum absolute atomic E-state index is 13.2. The fraction of sp³-hybridized carbons (Fsp3) is 0.448. The third-order valence-electron chi connectivity index (χ3n) is 7.33. The predicted octanol–water partition coefficient (Wildman–Crippen LogP) is 5.53. The number of ether oxygens (including phenoxy) is 4. The number of halogens is 1. The van der Waals surface area contributed by atoms with Crippen molar-refractivity contribution in [2.45, 2.75) is 32.9 Å². The molecule has 4 heterocycles. The SMILES string of the molecule is C=C(/C=N\c1[nH]c(C)cc1CF)Oc1ccnc2cc(OCCCN3CCC4(CC3)COC4)c(OC)cc12. The number of aryl methyl sites for hydroxylation is 1. The van der Waals surface area contributed by atoms with Crippen LogP contribution < -0.4 is 14.2 Å². The largest absolute Gasteiger partial charge is 0.493 e. The van der Waals surface area contributed by atoms with Crippen LogP contribution in [0.1, 0.15) is 30.5 Å². The number of aromatic amines is 1. The van der Waals surface area contributed by atoms with E-state index in [4.69, 9.17) is 18.9 Å². The van der Waals surface area contributed by atoms with Crippen molar-refractivity contribution in [1.82, 2.24) is 14.9 Å². The fourth-order valence-electron chi connectivity index (χ4n) is 5.04. The number of benzene rings is 1. The Morgan fingerprint density at radius 1 is 1.24 bits per heavy atom. The van der Waals surface area contributed by atoms with Gasteiger partial charge in [-0.05, 0) is 57.5 Å². The first kappa shape index (κ1) is 26.2. The molecule has 2 saturated heterocycles. The lowest BCUT2D eigenvalue weighted by Gasteiger charge is -2.47. The summed E-state index contributed by atoms with van der Waals surface area (Å²) in [5.41, 5.74) is 2.50. The highest BCUT2D eigenvalue weighted by Gasteiger charge is 2.40. The van der Waals surface area contributed by atoms with E-state index in [2.05, 4.69) is 26.4 Å². The van der Waals surface area contributed by atoms with Gasteiger partial charge in [-0.15, -0.1) is 0 Å². The van der Waals surface area contributed by atoms with E-state index < -0.39 is 6.67 Å². The van der Waals surface area contributed by atoms with Crippen molar-refractivity contribution in [3.05, 3.63) is 54.1 Å². The van der Waals surface area contributed by atoms with Crippen LogP contribution in [0.25, 0.3) is 10.9 Å². The molecule has 2 aromatic heterocycles. The van der Waals surface area contributed by atoms with Gasteiger partial charge in [-0.25, -0.2) is 9.38 Å². The summed E-state index contributed by atoms with van der Waals surface area (Å²) in [6.45, 7) is 10.9. The second-order valence-electron chi connectivity index (χ2n) is 10.2. The van der Waals surface area contributed by atoms with E-state index in [9.17, 15) is 4.39 Å². The van der Waals surface area contributed by atoms with E-state index >= 15 is 0 Å². The lowest BCUT2D eigenvalue weighted by Crippen LogP contribution is -2.51. The Labute approximate surface area is 222 Å². The molecule has 0 amide bonds. The summed E-state index contributed by atoms with van der Waals surface area (Å²) in [5, 5.41) is 0.758. The van der Waals surface area contributed by atoms with Gasteiger partial charge >= 0.3 is 0 Å². The Balaban J connectivity index is 1.20. The van der Waals surface area contributed by atoms with Gasteiger partial charge in [-0.2, -0.15) is 0 Å². The highest BCUT2D eigenvalue weighted by atomic mass is 19.1. The number of piperidine rings is 1. The van der Waals surface area contributed by atoms with E-state index in [0.29, 0.717) is 51.9 Å². The molecule has 1 spiro atoms. The molecule has 2 aliphatic heterocycles. The molecule has 0 saturated carbocycles. The number of hydrogen-bond acceptors (Lipinski definition) is 7. The van der Waals surface area contributed by atoms with Gasteiger partial charge in [0.2, 0.25) is 0 Å². The number of likely N-dealkylation sites (tertiary alicyclic amines) is 1. The predicted molar refractivity (Wildman–Crippen MR) is 146 cm³/mol. The number of pyridine rings is 1. The van der Waals surface area contributed by atoms with Crippen molar-refractivity contribution >= 4 is 22.9 Å². The van der Waals surface area contributed by atoms with Crippen LogP contribution in [-0.2, 0) is 11.4 Å². The fourth-order valence-corrected chi connectivity index (χ4v) is 5.04. The summed E-state index contributed by atoms with van der Waals surface area (Å²) in [4.78, 5) is 14.3. The first-order valence-electron chi connectivity index (χ1n) is 13.0. The maximum Gasteiger partial charge on any atom is 0.163 e. The second-order valence-corrected chi connectivity index (χ2v) is 10.2. The highest BCUT2D eigenvalue weighted by Crippen LogP contribution is 2.39. The zero-order valence-electron chi connectivity index (χ0n) is 22.1. The minimum absolute atomic E-state index is 0.308. The number of aliphatic imine (C=N–C) groups is 1. The average molecular weight is 523 g/mol. The molecule has 9 heteroatoms. The molecule has 0 unspecified atom stereocenters. The minimum atomic E-state index is -0.599. The Bertz CT molecular complexity index is 1310. The summed E-state index contributed by atoms with van der Waals surface area (Å²) in [6.07, 6.45) is 6.53. The zero-order valence-corrected chi connectivity index (χ0v) is 22.1. The minimum Gasteiger partial charge on any atom is -0.493 e. The monoisotopic (exact) mass is 522 g/mol. The van der Waals surface area contributed by atoms with Crippen molar-refractivity contribution in [3.63, 3.8) is 0 Å². The Hall–Kier alpha value is -3.43. The molecular formula is C29H35FN4O4. The number of allylic oxidation sites excluding steroid dienone is 1. The number of rotatable bonds is 11. The molecule has 0 radical (unpaired) electrons. The molecule has 1 aromatic carbocycles. The Morgan fingerprint density at radius 2 is 2.05 bits per heavy atom. The molecular weight excluding hydrogens is 487 g/mol. The standard InChI is InChI=1S/C29H35FN4O4/c1-20-13-22(16-30)28(33-20)32-17-21(2)38-25-5-8-31-24-15-27(26(35-3)14-23(24)25)37-12-4-9-34-10-6-29(7-11-34)18-36-19-29/h5,8,13-15,17,33H,2,4,6-7,9-12,16,18-19H2,1,3H3/b32-17-. The highest BCUT2D eigenvalue weighted by molar-refractivity contribution is 5.89. The van der Waals surface area contributed by atoms with Crippen LogP contribution in [0.3, 0.4) is 0 Å². The van der Waals surface area contributed by atoms with Gasteiger partial charge < -0.3 is 28.8 Å². The number of alkyl halides is 1. The number of aromatic nitrogens is 2. The van der Waals surface area contributed by atoms with Gasteiger partial charge in [0, 0.05) is 40.9 Å². The molecule has 202 valence electrons. The number of H-pyrrole nitrogens is 1. The van der Waals surface area contributed by atoms with Crippen LogP contribution >= 0.6 is 0 Å². The third kappa shape index (κ3) is 5.84. The number of nitrogens with one attached hydrogen (secondary N) is 1. The molecule has 0 bridgehead atoms. The van der Waals surface area contributed by atoms with Crippen LogP contribution in [0, 0.1) is 12.3 Å². The van der Waals surface area contributed by atoms with Crippen LogP contribution in [0.15, 0.2) is 47.8 Å². The molecule has 5 rings (SSSR count). The molecule has 0 atom stereocenters. The van der Waals surface area contributed by atoms with E-state index in [0.717, 1.165) is 50.3 Å². The van der Waals surface area contributed by atoms with Crippen molar-refractivity contribution < 1.29 is 23.3 Å². The number of fused-ring (bicyclic) bond motifs is 1. The quantitative estimate of drug-likeness (QED) is 0.203. The first-order valence-corrected chi connectivity index (χ1v) is 13.0. The van der Waals surface area contributed by atoms with Gasteiger partial charge in [0.25, 0.3) is 0 Å². The van der Waals surface area contributed by atoms with Gasteiger partial charge in [-0.3, -0.25) is 4.98 Å². The molecule has 2 fully saturated rings. The van der Waals surface area contributed by atoms with Gasteiger partial charge in [0.1, 0.15) is 24.0 Å². The van der Waals surface area contributed by atoms with Gasteiger partial charge in [0.05, 0.1) is 38.7 Å². The summed E-state index contributed by atoms with van der Waals surface area (Å²) < 4.78 is 36.3. The van der Waals surface area contributed by atoms with Gasteiger partial charge in [0.15, 0.2) is 11.5 Å². The summed E-state index contributed by atoms with van der Waals surface area (Å²) in [6, 6.07) is 7.21.